The van der Waals surface area contributed by atoms with Crippen LogP contribution in [0.3, 0.4) is 0 Å². The van der Waals surface area contributed by atoms with Gasteiger partial charge in [-0.15, -0.1) is 0 Å². The van der Waals surface area contributed by atoms with E-state index in [1.165, 1.54) is 0 Å². The molecule has 0 saturated carbocycles. The number of amides is 1. The first-order chi connectivity index (χ1) is 13.2. The zero-order valence-electron chi connectivity index (χ0n) is 15.5. The molecule has 0 atom stereocenters. The molecule has 7 nitrogen and oxygen atoms in total. The van der Waals surface area contributed by atoms with E-state index in [2.05, 4.69) is 26.3 Å². The van der Waals surface area contributed by atoms with Crippen molar-refractivity contribution in [3.05, 3.63) is 53.6 Å². The quantitative estimate of drug-likeness (QED) is 0.482. The zero-order valence-corrected chi connectivity index (χ0v) is 15.5. The van der Waals surface area contributed by atoms with E-state index in [4.69, 9.17) is 5.41 Å². The number of piperidine rings is 1. The summed E-state index contributed by atoms with van der Waals surface area (Å²) in [5.74, 6) is 0.849. The number of anilines is 2. The maximum Gasteiger partial charge on any atom is 0.270 e. The van der Waals surface area contributed by atoms with Crippen molar-refractivity contribution in [2.45, 2.75) is 25.4 Å². The maximum atomic E-state index is 12.4. The Bertz CT molecular complexity index is 786. The van der Waals surface area contributed by atoms with Crippen molar-refractivity contribution >= 4 is 23.3 Å². The smallest absolute Gasteiger partial charge is 0.270 e. The molecule has 1 aliphatic rings. The molecule has 1 aliphatic heterocycles. The molecule has 2 aromatic rings. The van der Waals surface area contributed by atoms with Crippen LogP contribution in [0.5, 0.6) is 0 Å². The molecule has 142 valence electrons. The van der Waals surface area contributed by atoms with Crippen LogP contribution in [0.2, 0.25) is 0 Å². The molecule has 0 bridgehead atoms. The van der Waals surface area contributed by atoms with Gasteiger partial charge in [0.05, 0.1) is 0 Å². The predicted octanol–water partition coefficient (Wildman–Crippen LogP) is 1.97. The topological polar surface area (TPSA) is 102 Å². The third kappa shape index (κ3) is 5.04. The Kier molecular flexibility index (Phi) is 6.38. The molecular formula is C20H26N6O. The van der Waals surface area contributed by atoms with Crippen molar-refractivity contribution in [3.8, 4) is 0 Å². The van der Waals surface area contributed by atoms with Crippen LogP contribution < -0.4 is 21.3 Å². The number of hydrogen-bond donors (Lipinski definition) is 5. The second-order valence-corrected chi connectivity index (χ2v) is 6.55. The Morgan fingerprint density at radius 1 is 1.19 bits per heavy atom. The Balaban J connectivity index is 1.65. The summed E-state index contributed by atoms with van der Waals surface area (Å²) in [5, 5.41) is 20.8. The van der Waals surface area contributed by atoms with Gasteiger partial charge in [-0.25, -0.2) is 4.98 Å². The van der Waals surface area contributed by atoms with E-state index in [0.717, 1.165) is 31.5 Å². The molecule has 0 radical (unpaired) electrons. The molecule has 1 aromatic heterocycles. The average Bonchev–Trinajstić information content (AvgIpc) is 2.73. The number of rotatable bonds is 7. The Morgan fingerprint density at radius 2 is 1.93 bits per heavy atom. The summed E-state index contributed by atoms with van der Waals surface area (Å²) < 4.78 is 0. The minimum absolute atomic E-state index is 0.0695. The Morgan fingerprint density at radius 3 is 2.63 bits per heavy atom. The largest absolute Gasteiger partial charge is 0.373 e. The summed E-state index contributed by atoms with van der Waals surface area (Å²) in [6, 6.07) is 13.7. The predicted molar refractivity (Wildman–Crippen MR) is 108 cm³/mol. The van der Waals surface area contributed by atoms with E-state index in [9.17, 15) is 4.79 Å². The van der Waals surface area contributed by atoms with Crippen molar-refractivity contribution in [1.82, 2.24) is 15.6 Å². The first-order valence-corrected chi connectivity index (χ1v) is 9.24. The Hall–Kier alpha value is -2.93. The molecular weight excluding hydrogens is 340 g/mol. The minimum Gasteiger partial charge on any atom is -0.373 e. The van der Waals surface area contributed by atoms with Crippen LogP contribution in [0, 0.1) is 5.41 Å². The second kappa shape index (κ2) is 9.14. The molecule has 1 amide bonds. The van der Waals surface area contributed by atoms with Gasteiger partial charge in [0.15, 0.2) is 0 Å². The molecule has 1 saturated heterocycles. The lowest BCUT2D eigenvalue weighted by Gasteiger charge is -2.24. The van der Waals surface area contributed by atoms with Crippen LogP contribution in [0.4, 0.5) is 11.6 Å². The molecule has 5 N–H and O–H groups in total. The SMILES string of the molecule is CNc1nc(NCc2ccccc2)ccc1C(=N)C(=O)NC1CCNCC1. The number of hydrogen-bond acceptors (Lipinski definition) is 6. The summed E-state index contributed by atoms with van der Waals surface area (Å²) in [5.41, 5.74) is 1.58. The van der Waals surface area contributed by atoms with Gasteiger partial charge in [0, 0.05) is 25.2 Å². The second-order valence-electron chi connectivity index (χ2n) is 6.55. The molecule has 2 heterocycles. The number of aromatic nitrogens is 1. The van der Waals surface area contributed by atoms with Crippen LogP contribution >= 0.6 is 0 Å². The normalized spacial score (nSPS) is 14.4. The molecule has 3 rings (SSSR count). The third-order valence-corrected chi connectivity index (χ3v) is 4.62. The van der Waals surface area contributed by atoms with Gasteiger partial charge in [0.25, 0.3) is 5.91 Å². The van der Waals surface area contributed by atoms with Crippen molar-refractivity contribution in [3.63, 3.8) is 0 Å². The Labute approximate surface area is 159 Å². The van der Waals surface area contributed by atoms with E-state index < -0.39 is 0 Å². The summed E-state index contributed by atoms with van der Waals surface area (Å²) >= 11 is 0. The van der Waals surface area contributed by atoms with Crippen LogP contribution in [0.15, 0.2) is 42.5 Å². The summed E-state index contributed by atoms with van der Waals surface area (Å²) in [7, 11) is 1.74. The fourth-order valence-corrected chi connectivity index (χ4v) is 3.08. The zero-order chi connectivity index (χ0) is 19.1. The van der Waals surface area contributed by atoms with Gasteiger partial charge in [-0.1, -0.05) is 30.3 Å². The number of benzene rings is 1. The van der Waals surface area contributed by atoms with E-state index in [1.807, 2.05) is 30.3 Å². The van der Waals surface area contributed by atoms with Gasteiger partial charge in [-0.3, -0.25) is 10.2 Å². The third-order valence-electron chi connectivity index (χ3n) is 4.62. The van der Waals surface area contributed by atoms with Gasteiger partial charge in [-0.05, 0) is 43.6 Å². The van der Waals surface area contributed by atoms with Crippen LogP contribution in [0.25, 0.3) is 0 Å². The van der Waals surface area contributed by atoms with Gasteiger partial charge in [0.1, 0.15) is 17.3 Å². The standard InChI is InChI=1S/C20H26N6O/c1-22-19-16(18(21)20(27)25-15-9-11-23-12-10-15)7-8-17(26-19)24-13-14-5-3-2-4-6-14/h2-8,15,21,23H,9-13H2,1H3,(H,25,27)(H2,22,24,26). The minimum atomic E-state index is -0.356. The summed E-state index contributed by atoms with van der Waals surface area (Å²) in [6.45, 7) is 2.44. The number of nitrogens with one attached hydrogen (secondary N) is 5. The van der Waals surface area contributed by atoms with Gasteiger partial charge < -0.3 is 21.3 Å². The highest BCUT2D eigenvalue weighted by atomic mass is 16.1. The average molecular weight is 366 g/mol. The molecule has 1 fully saturated rings. The number of nitrogens with zero attached hydrogens (tertiary/aromatic N) is 1. The number of carbonyl (C=O) groups is 1. The van der Waals surface area contributed by atoms with E-state index in [-0.39, 0.29) is 17.7 Å². The fourth-order valence-electron chi connectivity index (χ4n) is 3.08. The molecule has 27 heavy (non-hydrogen) atoms. The first-order valence-electron chi connectivity index (χ1n) is 9.24. The van der Waals surface area contributed by atoms with Gasteiger partial charge in [-0.2, -0.15) is 0 Å². The lowest BCUT2D eigenvalue weighted by Crippen LogP contribution is -2.45. The molecule has 0 unspecified atom stereocenters. The van der Waals surface area contributed by atoms with Gasteiger partial charge >= 0.3 is 0 Å². The van der Waals surface area contributed by atoms with Crippen LogP contribution in [0.1, 0.15) is 24.0 Å². The molecule has 0 spiro atoms. The van der Waals surface area contributed by atoms with Crippen molar-refractivity contribution in [2.24, 2.45) is 0 Å². The van der Waals surface area contributed by atoms with Crippen LogP contribution in [-0.4, -0.2) is 42.8 Å². The number of carbonyl (C=O) groups excluding carboxylic acids is 1. The lowest BCUT2D eigenvalue weighted by molar-refractivity contribution is -0.115. The first kappa shape index (κ1) is 18.8. The van der Waals surface area contributed by atoms with E-state index >= 15 is 0 Å². The molecule has 1 aromatic carbocycles. The molecule has 7 heteroatoms. The highest BCUT2D eigenvalue weighted by Crippen LogP contribution is 2.18. The van der Waals surface area contributed by atoms with Crippen LogP contribution in [-0.2, 0) is 11.3 Å². The fraction of sp³-hybridized carbons (Fsp3) is 0.350. The van der Waals surface area contributed by atoms with E-state index in [1.54, 1.807) is 19.2 Å². The van der Waals surface area contributed by atoms with Crippen molar-refractivity contribution < 1.29 is 4.79 Å². The van der Waals surface area contributed by atoms with E-state index in [0.29, 0.717) is 23.7 Å². The summed E-state index contributed by atoms with van der Waals surface area (Å²) in [6.07, 6.45) is 1.77. The summed E-state index contributed by atoms with van der Waals surface area (Å²) in [4.78, 5) is 17.0. The number of pyridine rings is 1. The maximum absolute atomic E-state index is 12.4. The molecule has 0 aliphatic carbocycles. The van der Waals surface area contributed by atoms with Crippen molar-refractivity contribution in [2.75, 3.05) is 30.8 Å². The van der Waals surface area contributed by atoms with Crippen molar-refractivity contribution in [1.29, 1.82) is 5.41 Å². The lowest BCUT2D eigenvalue weighted by atomic mass is 10.1. The van der Waals surface area contributed by atoms with Gasteiger partial charge in [0.2, 0.25) is 0 Å². The monoisotopic (exact) mass is 366 g/mol. The highest BCUT2D eigenvalue weighted by molar-refractivity contribution is 6.45. The highest BCUT2D eigenvalue weighted by Gasteiger charge is 2.21.